The molecular formula is C16H15F3N2O3. The largest absolute Gasteiger partial charge is 0.433 e. The van der Waals surface area contributed by atoms with Gasteiger partial charge in [0.25, 0.3) is 0 Å². The standard InChI is InChI=1S/C16H15F3N2O3/c17-11-6-7-14(24-15(18)19)12(8-11)20-16(23)21-13(9-22)10-4-2-1-3-5-10/h1-8,13,15,22H,9H2,(H2,20,21,23). The summed E-state index contributed by atoms with van der Waals surface area (Å²) < 4.78 is 42.2. The van der Waals surface area contributed by atoms with Crippen LogP contribution in [0.15, 0.2) is 48.5 Å². The highest BCUT2D eigenvalue weighted by atomic mass is 19.3. The van der Waals surface area contributed by atoms with Crippen molar-refractivity contribution in [3.63, 3.8) is 0 Å². The number of hydrogen-bond donors (Lipinski definition) is 3. The highest BCUT2D eigenvalue weighted by molar-refractivity contribution is 5.91. The molecule has 0 aliphatic carbocycles. The van der Waals surface area contributed by atoms with Gasteiger partial charge in [0.15, 0.2) is 0 Å². The molecule has 128 valence electrons. The monoisotopic (exact) mass is 340 g/mol. The lowest BCUT2D eigenvalue weighted by Crippen LogP contribution is -2.34. The van der Waals surface area contributed by atoms with Gasteiger partial charge in [-0.1, -0.05) is 30.3 Å². The maximum Gasteiger partial charge on any atom is 0.387 e. The fraction of sp³-hybridized carbons (Fsp3) is 0.188. The van der Waals surface area contributed by atoms with E-state index in [2.05, 4.69) is 15.4 Å². The number of ether oxygens (including phenoxy) is 1. The quantitative estimate of drug-likeness (QED) is 0.756. The second kappa shape index (κ2) is 8.21. The van der Waals surface area contributed by atoms with Gasteiger partial charge in [0, 0.05) is 6.07 Å². The summed E-state index contributed by atoms with van der Waals surface area (Å²) in [5.41, 5.74) is 0.399. The van der Waals surface area contributed by atoms with Crippen molar-refractivity contribution in [1.82, 2.24) is 5.32 Å². The van der Waals surface area contributed by atoms with E-state index in [0.29, 0.717) is 5.56 Å². The zero-order valence-electron chi connectivity index (χ0n) is 12.4. The van der Waals surface area contributed by atoms with Crippen molar-refractivity contribution in [2.45, 2.75) is 12.7 Å². The number of rotatable bonds is 6. The number of hydrogen-bond acceptors (Lipinski definition) is 3. The van der Waals surface area contributed by atoms with Gasteiger partial charge in [-0.25, -0.2) is 9.18 Å². The van der Waals surface area contributed by atoms with E-state index in [0.717, 1.165) is 18.2 Å². The fourth-order valence-electron chi connectivity index (χ4n) is 2.04. The van der Waals surface area contributed by atoms with E-state index in [-0.39, 0.29) is 18.0 Å². The molecule has 1 atom stereocenters. The molecule has 0 saturated carbocycles. The first-order valence-electron chi connectivity index (χ1n) is 6.97. The number of aliphatic hydroxyl groups is 1. The Morgan fingerprint density at radius 1 is 1.17 bits per heavy atom. The van der Waals surface area contributed by atoms with Crippen LogP contribution in [0, 0.1) is 5.82 Å². The van der Waals surface area contributed by atoms with Gasteiger partial charge in [0.1, 0.15) is 11.6 Å². The molecule has 0 aliphatic heterocycles. The number of carbonyl (C=O) groups is 1. The van der Waals surface area contributed by atoms with Crippen LogP contribution in [0.3, 0.4) is 0 Å². The summed E-state index contributed by atoms with van der Waals surface area (Å²) in [5, 5.41) is 14.1. The molecule has 2 aromatic rings. The molecule has 0 radical (unpaired) electrons. The molecule has 0 aliphatic rings. The van der Waals surface area contributed by atoms with E-state index in [1.165, 1.54) is 0 Å². The smallest absolute Gasteiger partial charge is 0.387 e. The third-order valence-electron chi connectivity index (χ3n) is 3.10. The van der Waals surface area contributed by atoms with Crippen LogP contribution in [0.5, 0.6) is 5.75 Å². The fourth-order valence-corrected chi connectivity index (χ4v) is 2.04. The molecule has 0 fully saturated rings. The topological polar surface area (TPSA) is 70.6 Å². The van der Waals surface area contributed by atoms with E-state index in [4.69, 9.17) is 0 Å². The van der Waals surface area contributed by atoms with E-state index in [1.807, 2.05) is 0 Å². The molecule has 0 heterocycles. The van der Waals surface area contributed by atoms with Crippen LogP contribution in [0.25, 0.3) is 0 Å². The van der Waals surface area contributed by atoms with Crippen molar-refractivity contribution < 1.29 is 27.8 Å². The van der Waals surface area contributed by atoms with Gasteiger partial charge in [0.05, 0.1) is 18.3 Å². The predicted molar refractivity (Wildman–Crippen MR) is 81.5 cm³/mol. The van der Waals surface area contributed by atoms with Gasteiger partial charge in [-0.2, -0.15) is 8.78 Å². The van der Waals surface area contributed by atoms with Crippen molar-refractivity contribution in [3.05, 3.63) is 59.9 Å². The van der Waals surface area contributed by atoms with Crippen molar-refractivity contribution in [2.24, 2.45) is 0 Å². The highest BCUT2D eigenvalue weighted by Crippen LogP contribution is 2.27. The number of anilines is 1. The van der Waals surface area contributed by atoms with Gasteiger partial charge >= 0.3 is 12.6 Å². The van der Waals surface area contributed by atoms with E-state index >= 15 is 0 Å². The minimum absolute atomic E-state index is 0.252. The number of alkyl halides is 2. The summed E-state index contributed by atoms with van der Waals surface area (Å²) in [7, 11) is 0. The van der Waals surface area contributed by atoms with Gasteiger partial charge in [-0.15, -0.1) is 0 Å². The van der Waals surface area contributed by atoms with Crippen LogP contribution in [0.1, 0.15) is 11.6 Å². The zero-order valence-corrected chi connectivity index (χ0v) is 12.4. The molecule has 0 spiro atoms. The summed E-state index contributed by atoms with van der Waals surface area (Å²) in [6.07, 6.45) is 0. The van der Waals surface area contributed by atoms with Gasteiger partial charge < -0.3 is 20.5 Å². The average Bonchev–Trinajstić information content (AvgIpc) is 2.55. The van der Waals surface area contributed by atoms with Crippen molar-refractivity contribution in [2.75, 3.05) is 11.9 Å². The van der Waals surface area contributed by atoms with Crippen LogP contribution < -0.4 is 15.4 Å². The zero-order chi connectivity index (χ0) is 17.5. The molecule has 0 aromatic heterocycles. The molecule has 1 unspecified atom stereocenters. The van der Waals surface area contributed by atoms with Gasteiger partial charge in [-0.05, 0) is 17.7 Å². The summed E-state index contributed by atoms with van der Waals surface area (Å²) in [6, 6.07) is 9.91. The molecule has 24 heavy (non-hydrogen) atoms. The van der Waals surface area contributed by atoms with E-state index < -0.39 is 24.5 Å². The molecular weight excluding hydrogens is 325 g/mol. The Bertz CT molecular complexity index is 684. The molecule has 5 nitrogen and oxygen atoms in total. The number of carbonyl (C=O) groups excluding carboxylic acids is 1. The molecule has 3 N–H and O–H groups in total. The Kier molecular flexibility index (Phi) is 6.02. The van der Waals surface area contributed by atoms with Gasteiger partial charge in [-0.3, -0.25) is 0 Å². The lowest BCUT2D eigenvalue weighted by molar-refractivity contribution is -0.0494. The first-order chi connectivity index (χ1) is 11.5. The van der Waals surface area contributed by atoms with E-state index in [9.17, 15) is 23.1 Å². The Morgan fingerprint density at radius 2 is 1.88 bits per heavy atom. The molecule has 0 bridgehead atoms. The lowest BCUT2D eigenvalue weighted by atomic mass is 10.1. The predicted octanol–water partition coefficient (Wildman–Crippen LogP) is 3.28. The third-order valence-corrected chi connectivity index (χ3v) is 3.10. The first kappa shape index (κ1) is 17.6. The van der Waals surface area contributed by atoms with Crippen LogP contribution >= 0.6 is 0 Å². The first-order valence-corrected chi connectivity index (χ1v) is 6.97. The van der Waals surface area contributed by atoms with Crippen LogP contribution in [0.2, 0.25) is 0 Å². The van der Waals surface area contributed by atoms with Crippen molar-refractivity contribution in [1.29, 1.82) is 0 Å². The SMILES string of the molecule is O=C(Nc1cc(F)ccc1OC(F)F)NC(CO)c1ccccc1. The molecule has 2 amide bonds. The molecule has 8 heteroatoms. The molecule has 0 saturated heterocycles. The Balaban J connectivity index is 2.10. The summed E-state index contributed by atoms with van der Waals surface area (Å²) in [5.74, 6) is -1.10. The molecule has 2 aromatic carbocycles. The second-order valence-electron chi connectivity index (χ2n) is 4.76. The summed E-state index contributed by atoms with van der Waals surface area (Å²) in [4.78, 5) is 12.0. The minimum atomic E-state index is -3.12. The van der Waals surface area contributed by atoms with Crippen molar-refractivity contribution in [3.8, 4) is 5.75 Å². The average molecular weight is 340 g/mol. The number of amides is 2. The second-order valence-corrected chi connectivity index (χ2v) is 4.76. The normalized spacial score (nSPS) is 11.9. The highest BCUT2D eigenvalue weighted by Gasteiger charge is 2.16. The molecule has 2 rings (SSSR count). The third kappa shape index (κ3) is 4.88. The maximum absolute atomic E-state index is 13.3. The van der Waals surface area contributed by atoms with Crippen LogP contribution in [0.4, 0.5) is 23.7 Å². The Labute approximate surface area is 136 Å². The van der Waals surface area contributed by atoms with Crippen LogP contribution in [-0.2, 0) is 0 Å². The maximum atomic E-state index is 13.3. The number of urea groups is 1. The summed E-state index contributed by atoms with van der Waals surface area (Å²) in [6.45, 7) is -3.49. The Hall–Kier alpha value is -2.74. The minimum Gasteiger partial charge on any atom is -0.433 e. The van der Waals surface area contributed by atoms with E-state index in [1.54, 1.807) is 30.3 Å². The number of aliphatic hydroxyl groups excluding tert-OH is 1. The lowest BCUT2D eigenvalue weighted by Gasteiger charge is -2.18. The van der Waals surface area contributed by atoms with Crippen molar-refractivity contribution >= 4 is 11.7 Å². The van der Waals surface area contributed by atoms with Gasteiger partial charge in [0.2, 0.25) is 0 Å². The van der Waals surface area contributed by atoms with Crippen LogP contribution in [-0.4, -0.2) is 24.4 Å². The summed E-state index contributed by atoms with van der Waals surface area (Å²) >= 11 is 0. The Morgan fingerprint density at radius 3 is 2.50 bits per heavy atom. The number of nitrogens with one attached hydrogen (secondary N) is 2. The number of benzene rings is 2. The number of halogens is 3.